The maximum Gasteiger partial charge on any atom is 0.156 e. The number of amidine groups is 1. The van der Waals surface area contributed by atoms with Crippen molar-refractivity contribution in [2.75, 3.05) is 32.0 Å². The molecule has 3 fully saturated rings. The maximum absolute atomic E-state index is 5.92. The average molecular weight is 269 g/mol. The van der Waals surface area contributed by atoms with Gasteiger partial charge < -0.3 is 10.1 Å². The molecule has 3 heterocycles. The highest BCUT2D eigenvalue weighted by molar-refractivity contribution is 8.14. The minimum absolute atomic E-state index is 0.301. The minimum atomic E-state index is 0.301. The molecule has 5 heteroatoms. The number of morpholine rings is 1. The Morgan fingerprint density at radius 3 is 3.33 bits per heavy atom. The first-order chi connectivity index (χ1) is 8.85. The number of thioether (sulfide) groups is 1. The molecule has 0 spiro atoms. The SMILES string of the molecule is CCC1CSC(=NCC2CN3CCCC3CO2)N1. The molecule has 4 nitrogen and oxygen atoms in total. The van der Waals surface area contributed by atoms with Gasteiger partial charge in [-0.15, -0.1) is 0 Å². The molecule has 0 aromatic carbocycles. The lowest BCUT2D eigenvalue weighted by molar-refractivity contribution is -0.0431. The van der Waals surface area contributed by atoms with Crippen molar-refractivity contribution in [3.05, 3.63) is 0 Å². The van der Waals surface area contributed by atoms with Gasteiger partial charge in [0.2, 0.25) is 0 Å². The normalized spacial score (nSPS) is 38.9. The summed E-state index contributed by atoms with van der Waals surface area (Å²) in [5.74, 6) is 1.16. The standard InChI is InChI=1S/C13H23N3OS/c1-2-10-9-18-13(15-10)14-6-12-7-16-5-3-4-11(16)8-17-12/h10-12H,2-9H2,1H3,(H,14,15). The van der Waals surface area contributed by atoms with Crippen LogP contribution in [0.15, 0.2) is 4.99 Å². The fourth-order valence-corrected chi connectivity index (χ4v) is 4.02. The third-order valence-electron chi connectivity index (χ3n) is 4.14. The van der Waals surface area contributed by atoms with Gasteiger partial charge in [0.25, 0.3) is 0 Å². The van der Waals surface area contributed by atoms with Gasteiger partial charge in [-0.2, -0.15) is 0 Å². The Hall–Kier alpha value is -0.260. The van der Waals surface area contributed by atoms with E-state index >= 15 is 0 Å². The van der Waals surface area contributed by atoms with Crippen molar-refractivity contribution in [3.63, 3.8) is 0 Å². The van der Waals surface area contributed by atoms with Gasteiger partial charge in [-0.3, -0.25) is 9.89 Å². The molecule has 3 atom stereocenters. The topological polar surface area (TPSA) is 36.9 Å². The van der Waals surface area contributed by atoms with E-state index in [4.69, 9.17) is 4.74 Å². The van der Waals surface area contributed by atoms with Crippen LogP contribution in [0.1, 0.15) is 26.2 Å². The van der Waals surface area contributed by atoms with E-state index in [1.807, 2.05) is 11.8 Å². The zero-order valence-corrected chi connectivity index (χ0v) is 11.9. The van der Waals surface area contributed by atoms with Crippen LogP contribution in [0.4, 0.5) is 0 Å². The molecule has 0 saturated carbocycles. The molecule has 0 aliphatic carbocycles. The lowest BCUT2D eigenvalue weighted by atomic mass is 10.2. The summed E-state index contributed by atoms with van der Waals surface area (Å²) < 4.78 is 5.92. The average Bonchev–Trinajstić information content (AvgIpc) is 3.04. The third-order valence-corrected chi connectivity index (χ3v) is 5.23. The zero-order valence-electron chi connectivity index (χ0n) is 11.1. The molecule has 3 aliphatic rings. The van der Waals surface area contributed by atoms with E-state index in [0.717, 1.165) is 30.6 Å². The Morgan fingerprint density at radius 2 is 2.50 bits per heavy atom. The molecule has 0 aromatic rings. The Balaban J connectivity index is 1.47. The summed E-state index contributed by atoms with van der Waals surface area (Å²) in [4.78, 5) is 7.26. The van der Waals surface area contributed by atoms with E-state index in [2.05, 4.69) is 22.1 Å². The van der Waals surface area contributed by atoms with Crippen molar-refractivity contribution in [1.29, 1.82) is 0 Å². The second-order valence-electron chi connectivity index (χ2n) is 5.45. The molecule has 0 aromatic heterocycles. The quantitative estimate of drug-likeness (QED) is 0.838. The highest BCUT2D eigenvalue weighted by atomic mass is 32.2. The van der Waals surface area contributed by atoms with Gasteiger partial charge in [0.05, 0.1) is 19.3 Å². The number of nitrogens with zero attached hydrogens (tertiary/aromatic N) is 2. The summed E-state index contributed by atoms with van der Waals surface area (Å²) in [5.41, 5.74) is 0. The molecule has 1 N–H and O–H groups in total. The summed E-state index contributed by atoms with van der Waals surface area (Å²) in [5, 5.41) is 4.59. The van der Waals surface area contributed by atoms with Crippen LogP contribution < -0.4 is 5.32 Å². The highest BCUT2D eigenvalue weighted by Crippen LogP contribution is 2.23. The molecule has 0 radical (unpaired) electrons. The van der Waals surface area contributed by atoms with Crippen LogP contribution in [0.5, 0.6) is 0 Å². The van der Waals surface area contributed by atoms with E-state index < -0.39 is 0 Å². The largest absolute Gasteiger partial charge is 0.373 e. The Kier molecular flexibility index (Phi) is 4.11. The van der Waals surface area contributed by atoms with E-state index in [1.165, 1.54) is 25.8 Å². The Morgan fingerprint density at radius 1 is 1.56 bits per heavy atom. The third kappa shape index (κ3) is 2.83. The van der Waals surface area contributed by atoms with Crippen molar-refractivity contribution in [1.82, 2.24) is 10.2 Å². The van der Waals surface area contributed by atoms with Crippen molar-refractivity contribution in [3.8, 4) is 0 Å². The molecule has 3 saturated heterocycles. The number of ether oxygens (including phenoxy) is 1. The fourth-order valence-electron chi connectivity index (χ4n) is 2.93. The number of hydrogen-bond donors (Lipinski definition) is 1. The second-order valence-corrected chi connectivity index (χ2v) is 6.46. The van der Waals surface area contributed by atoms with E-state index in [0.29, 0.717) is 18.2 Å². The van der Waals surface area contributed by atoms with E-state index in [1.54, 1.807) is 0 Å². The van der Waals surface area contributed by atoms with Crippen LogP contribution in [0, 0.1) is 0 Å². The summed E-state index contributed by atoms with van der Waals surface area (Å²) in [6.07, 6.45) is 4.14. The summed E-state index contributed by atoms with van der Waals surface area (Å²) in [7, 11) is 0. The minimum Gasteiger partial charge on any atom is -0.373 e. The lowest BCUT2D eigenvalue weighted by Gasteiger charge is -2.34. The summed E-state index contributed by atoms with van der Waals surface area (Å²) >= 11 is 1.85. The van der Waals surface area contributed by atoms with E-state index in [9.17, 15) is 0 Å². The monoisotopic (exact) mass is 269 g/mol. The first kappa shape index (κ1) is 12.8. The summed E-state index contributed by atoms with van der Waals surface area (Å²) in [6, 6.07) is 1.31. The first-order valence-corrected chi connectivity index (χ1v) is 8.13. The van der Waals surface area contributed by atoms with Gasteiger partial charge in [0.15, 0.2) is 5.17 Å². The highest BCUT2D eigenvalue weighted by Gasteiger charge is 2.32. The number of rotatable bonds is 3. The van der Waals surface area contributed by atoms with Gasteiger partial charge in [0, 0.05) is 24.4 Å². The number of fused-ring (bicyclic) bond motifs is 1. The molecular weight excluding hydrogens is 246 g/mol. The molecule has 0 amide bonds. The van der Waals surface area contributed by atoms with E-state index in [-0.39, 0.29) is 0 Å². The fraction of sp³-hybridized carbons (Fsp3) is 0.923. The molecule has 102 valence electrons. The number of aliphatic imine (C=N–C) groups is 1. The lowest BCUT2D eigenvalue weighted by Crippen LogP contribution is -2.47. The van der Waals surface area contributed by atoms with Crippen LogP contribution in [-0.2, 0) is 4.74 Å². The predicted molar refractivity (Wildman–Crippen MR) is 76.3 cm³/mol. The van der Waals surface area contributed by atoms with Crippen molar-refractivity contribution < 1.29 is 4.74 Å². The van der Waals surface area contributed by atoms with Gasteiger partial charge in [-0.05, 0) is 25.8 Å². The molecule has 0 bridgehead atoms. The Bertz CT molecular complexity index is 323. The number of nitrogens with one attached hydrogen (secondary N) is 1. The molecule has 3 rings (SSSR count). The van der Waals surface area contributed by atoms with Gasteiger partial charge in [-0.1, -0.05) is 18.7 Å². The molecule has 3 unspecified atom stereocenters. The van der Waals surface area contributed by atoms with Gasteiger partial charge in [-0.25, -0.2) is 0 Å². The molecular formula is C13H23N3OS. The van der Waals surface area contributed by atoms with Crippen molar-refractivity contribution >= 4 is 16.9 Å². The molecule has 3 aliphatic heterocycles. The predicted octanol–water partition coefficient (Wildman–Crippen LogP) is 1.32. The van der Waals surface area contributed by atoms with Crippen LogP contribution >= 0.6 is 11.8 Å². The summed E-state index contributed by atoms with van der Waals surface area (Å²) in [6.45, 7) is 6.27. The van der Waals surface area contributed by atoms with Gasteiger partial charge >= 0.3 is 0 Å². The van der Waals surface area contributed by atoms with Crippen LogP contribution in [0.3, 0.4) is 0 Å². The second kappa shape index (κ2) is 5.80. The number of hydrogen-bond acceptors (Lipinski definition) is 4. The van der Waals surface area contributed by atoms with Crippen LogP contribution in [0.2, 0.25) is 0 Å². The van der Waals surface area contributed by atoms with Gasteiger partial charge in [0.1, 0.15) is 0 Å². The first-order valence-electron chi connectivity index (χ1n) is 7.14. The maximum atomic E-state index is 5.92. The van der Waals surface area contributed by atoms with Crippen LogP contribution in [-0.4, -0.2) is 60.2 Å². The van der Waals surface area contributed by atoms with Crippen molar-refractivity contribution in [2.45, 2.75) is 44.4 Å². The zero-order chi connectivity index (χ0) is 12.4. The smallest absolute Gasteiger partial charge is 0.156 e. The Labute approximate surface area is 114 Å². The van der Waals surface area contributed by atoms with Crippen LogP contribution in [0.25, 0.3) is 0 Å². The molecule has 18 heavy (non-hydrogen) atoms. The van der Waals surface area contributed by atoms with Crippen molar-refractivity contribution in [2.24, 2.45) is 4.99 Å².